The number of nitrogens with two attached hydrogens (primary N) is 1. The summed E-state index contributed by atoms with van der Waals surface area (Å²) in [4.78, 5) is 0. The molecule has 0 aliphatic heterocycles. The molecule has 2 aromatic rings. The van der Waals surface area contributed by atoms with E-state index >= 15 is 0 Å². The Morgan fingerprint density at radius 3 is 2.38 bits per heavy atom. The monoisotopic (exact) mass is 364 g/mol. The van der Waals surface area contributed by atoms with Crippen molar-refractivity contribution in [2.75, 3.05) is 0 Å². The maximum absolute atomic E-state index is 6.01. The predicted molar refractivity (Wildman–Crippen MR) is 91.4 cm³/mol. The highest BCUT2D eigenvalue weighted by Gasteiger charge is 2.20. The maximum atomic E-state index is 6.01. The third kappa shape index (κ3) is 3.16. The lowest BCUT2D eigenvalue weighted by molar-refractivity contribution is 0.419. The second-order valence-corrected chi connectivity index (χ2v) is 6.85. The Hall–Kier alpha value is -0.870. The summed E-state index contributed by atoms with van der Waals surface area (Å²) in [7, 11) is 0. The molecule has 0 amide bonds. The number of benzene rings is 2. The van der Waals surface area contributed by atoms with Crippen LogP contribution in [0.5, 0.6) is 0 Å². The van der Waals surface area contributed by atoms with Crippen LogP contribution < -0.4 is 11.3 Å². The molecule has 4 heteroatoms. The molecule has 0 radical (unpaired) electrons. The van der Waals surface area contributed by atoms with Crippen LogP contribution in [0.25, 0.3) is 0 Å². The van der Waals surface area contributed by atoms with Crippen LogP contribution in [0.2, 0.25) is 5.02 Å². The minimum atomic E-state index is -0.0490. The van der Waals surface area contributed by atoms with Crippen LogP contribution in [-0.2, 0) is 0 Å². The van der Waals surface area contributed by atoms with Gasteiger partial charge in [-0.3, -0.25) is 5.84 Å². The summed E-state index contributed by atoms with van der Waals surface area (Å²) in [5.74, 6) is 6.53. The standard InChI is InChI=1S/C17H18BrClN2/c18-16-10-14(19)8-9-15(16)17(21-20)13-6-4-12(5-7-13)11-2-1-3-11/h4-11,17,21H,1-3,20H2. The lowest BCUT2D eigenvalue weighted by Crippen LogP contribution is -2.29. The largest absolute Gasteiger partial charge is 0.271 e. The molecule has 110 valence electrons. The van der Waals surface area contributed by atoms with Gasteiger partial charge in [-0.1, -0.05) is 64.3 Å². The third-order valence-electron chi connectivity index (χ3n) is 4.29. The summed E-state index contributed by atoms with van der Waals surface area (Å²) in [5.41, 5.74) is 6.58. The van der Waals surface area contributed by atoms with E-state index in [1.54, 1.807) is 0 Å². The van der Waals surface area contributed by atoms with Gasteiger partial charge in [0.1, 0.15) is 0 Å². The SMILES string of the molecule is NNC(c1ccc(C2CCC2)cc1)c1ccc(Cl)cc1Br. The van der Waals surface area contributed by atoms with E-state index in [0.717, 1.165) is 21.5 Å². The van der Waals surface area contributed by atoms with Gasteiger partial charge in [-0.15, -0.1) is 0 Å². The molecule has 21 heavy (non-hydrogen) atoms. The number of hydrogen-bond acceptors (Lipinski definition) is 2. The number of hydrogen-bond donors (Lipinski definition) is 2. The highest BCUT2D eigenvalue weighted by Crippen LogP contribution is 2.37. The third-order valence-corrected chi connectivity index (χ3v) is 5.21. The molecule has 0 heterocycles. The van der Waals surface area contributed by atoms with Crippen LogP contribution in [0, 0.1) is 0 Å². The first-order valence-electron chi connectivity index (χ1n) is 7.20. The van der Waals surface area contributed by atoms with Gasteiger partial charge in [0.2, 0.25) is 0 Å². The molecule has 1 aliphatic carbocycles. The summed E-state index contributed by atoms with van der Waals surface area (Å²) < 4.78 is 0.959. The molecule has 2 nitrogen and oxygen atoms in total. The zero-order valence-corrected chi connectivity index (χ0v) is 14.0. The van der Waals surface area contributed by atoms with E-state index in [-0.39, 0.29) is 6.04 Å². The zero-order valence-electron chi connectivity index (χ0n) is 11.7. The van der Waals surface area contributed by atoms with Crippen LogP contribution >= 0.6 is 27.5 Å². The van der Waals surface area contributed by atoms with Crippen molar-refractivity contribution in [1.82, 2.24) is 5.43 Å². The van der Waals surface area contributed by atoms with Gasteiger partial charge in [0.05, 0.1) is 6.04 Å². The summed E-state index contributed by atoms with van der Waals surface area (Å²) >= 11 is 9.57. The fraction of sp³-hybridized carbons (Fsp3) is 0.294. The first-order valence-corrected chi connectivity index (χ1v) is 8.37. The molecule has 0 spiro atoms. The quantitative estimate of drug-likeness (QED) is 0.596. The van der Waals surface area contributed by atoms with Gasteiger partial charge in [0, 0.05) is 9.50 Å². The molecule has 2 aromatic carbocycles. The molecule has 0 aromatic heterocycles. The lowest BCUT2D eigenvalue weighted by Gasteiger charge is -2.26. The molecule has 3 N–H and O–H groups in total. The molecule has 1 unspecified atom stereocenters. The zero-order chi connectivity index (χ0) is 14.8. The normalized spacial score (nSPS) is 16.5. The van der Waals surface area contributed by atoms with Gasteiger partial charge in [0.15, 0.2) is 0 Å². The Morgan fingerprint density at radius 2 is 1.86 bits per heavy atom. The molecule has 1 saturated carbocycles. The lowest BCUT2D eigenvalue weighted by atomic mass is 9.79. The average molecular weight is 366 g/mol. The summed E-state index contributed by atoms with van der Waals surface area (Å²) in [6.45, 7) is 0. The van der Waals surface area contributed by atoms with Crippen LogP contribution in [-0.4, -0.2) is 0 Å². The van der Waals surface area contributed by atoms with E-state index in [4.69, 9.17) is 17.4 Å². The van der Waals surface area contributed by atoms with E-state index < -0.39 is 0 Å². The number of hydrazine groups is 1. The second-order valence-electron chi connectivity index (χ2n) is 5.56. The predicted octanol–water partition coefficient (Wildman–Crippen LogP) is 4.92. The first-order chi connectivity index (χ1) is 10.2. The van der Waals surface area contributed by atoms with Gasteiger partial charge in [0.25, 0.3) is 0 Å². The Labute approximate surface area is 138 Å². The first kappa shape index (κ1) is 15.0. The minimum absolute atomic E-state index is 0.0490. The fourth-order valence-electron chi connectivity index (χ4n) is 2.80. The van der Waals surface area contributed by atoms with Crippen molar-refractivity contribution in [3.8, 4) is 0 Å². The highest BCUT2D eigenvalue weighted by molar-refractivity contribution is 9.10. The van der Waals surface area contributed by atoms with E-state index in [0.29, 0.717) is 5.02 Å². The van der Waals surface area contributed by atoms with E-state index in [1.165, 1.54) is 24.8 Å². The summed E-state index contributed by atoms with van der Waals surface area (Å²) in [6.07, 6.45) is 4.00. The van der Waals surface area contributed by atoms with Crippen molar-refractivity contribution in [2.45, 2.75) is 31.2 Å². The van der Waals surface area contributed by atoms with Crippen LogP contribution in [0.3, 0.4) is 0 Å². The smallest absolute Gasteiger partial charge is 0.0721 e. The Morgan fingerprint density at radius 1 is 1.14 bits per heavy atom. The van der Waals surface area contributed by atoms with Crippen molar-refractivity contribution in [3.63, 3.8) is 0 Å². The molecule has 3 rings (SSSR count). The van der Waals surface area contributed by atoms with E-state index in [9.17, 15) is 0 Å². The van der Waals surface area contributed by atoms with Crippen LogP contribution in [0.1, 0.15) is 47.9 Å². The van der Waals surface area contributed by atoms with Gasteiger partial charge < -0.3 is 0 Å². The Bertz CT molecular complexity index is 623. The number of rotatable bonds is 4. The summed E-state index contributed by atoms with van der Waals surface area (Å²) in [6, 6.07) is 14.5. The molecule has 0 bridgehead atoms. The molecular weight excluding hydrogens is 348 g/mol. The molecule has 1 atom stereocenters. The topological polar surface area (TPSA) is 38.0 Å². The van der Waals surface area contributed by atoms with Gasteiger partial charge in [-0.05, 0) is 47.6 Å². The Balaban J connectivity index is 1.88. The maximum Gasteiger partial charge on any atom is 0.0721 e. The minimum Gasteiger partial charge on any atom is -0.271 e. The average Bonchev–Trinajstić information content (AvgIpc) is 2.42. The number of halogens is 2. The molecule has 1 fully saturated rings. The van der Waals surface area contributed by atoms with Crippen molar-refractivity contribution >= 4 is 27.5 Å². The molecular formula is C17H18BrClN2. The van der Waals surface area contributed by atoms with Crippen molar-refractivity contribution < 1.29 is 0 Å². The number of nitrogens with one attached hydrogen (secondary N) is 1. The van der Waals surface area contributed by atoms with Crippen LogP contribution in [0.15, 0.2) is 46.9 Å². The summed E-state index contributed by atoms with van der Waals surface area (Å²) in [5, 5.41) is 0.710. The van der Waals surface area contributed by atoms with Crippen molar-refractivity contribution in [3.05, 3.63) is 68.7 Å². The van der Waals surface area contributed by atoms with Gasteiger partial charge >= 0.3 is 0 Å². The fourth-order valence-corrected chi connectivity index (χ4v) is 3.71. The highest BCUT2D eigenvalue weighted by atomic mass is 79.9. The van der Waals surface area contributed by atoms with Gasteiger partial charge in [-0.25, -0.2) is 5.43 Å². The van der Waals surface area contributed by atoms with E-state index in [2.05, 4.69) is 45.6 Å². The second kappa shape index (κ2) is 6.49. The van der Waals surface area contributed by atoms with Gasteiger partial charge in [-0.2, -0.15) is 0 Å². The van der Waals surface area contributed by atoms with E-state index in [1.807, 2.05) is 18.2 Å². The van der Waals surface area contributed by atoms with Crippen molar-refractivity contribution in [2.24, 2.45) is 5.84 Å². The molecule has 0 saturated heterocycles. The van der Waals surface area contributed by atoms with Crippen molar-refractivity contribution in [1.29, 1.82) is 0 Å². The molecule has 1 aliphatic rings. The van der Waals surface area contributed by atoms with Crippen LogP contribution in [0.4, 0.5) is 0 Å². The Kier molecular flexibility index (Phi) is 4.65.